The summed E-state index contributed by atoms with van der Waals surface area (Å²) < 4.78 is 75.2. The van der Waals surface area contributed by atoms with Gasteiger partial charge in [0.15, 0.2) is 0 Å². The molecule has 0 saturated heterocycles. The summed E-state index contributed by atoms with van der Waals surface area (Å²) >= 11 is 30.1. The first kappa shape index (κ1) is 78.4. The van der Waals surface area contributed by atoms with Crippen LogP contribution in [0.1, 0.15) is 86.5 Å². The van der Waals surface area contributed by atoms with Crippen molar-refractivity contribution in [2.75, 3.05) is 26.4 Å². The first-order chi connectivity index (χ1) is 58.0. The summed E-state index contributed by atoms with van der Waals surface area (Å²) in [6.07, 6.45) is 6.13. The summed E-state index contributed by atoms with van der Waals surface area (Å²) in [5.74, 6) is -2.37. The van der Waals surface area contributed by atoms with Crippen molar-refractivity contribution < 1.29 is 74.7 Å². The number of fused-ring (bicyclic) bond motifs is 6. The van der Waals surface area contributed by atoms with E-state index in [1.807, 2.05) is 0 Å². The van der Waals surface area contributed by atoms with E-state index in [1.165, 1.54) is 92.0 Å². The molecule has 0 unspecified atom stereocenters. The van der Waals surface area contributed by atoms with Crippen molar-refractivity contribution in [3.8, 4) is 23.0 Å². The van der Waals surface area contributed by atoms with Crippen LogP contribution < -0.4 is 41.4 Å². The number of nitrogens with zero attached hydrogens (tertiary/aromatic N) is 12. The van der Waals surface area contributed by atoms with E-state index >= 15 is 19.2 Å². The molecule has 0 N–H and O–H groups in total. The minimum Gasteiger partial charge on any atom is -0.492 e. The van der Waals surface area contributed by atoms with Crippen LogP contribution in [0.2, 0.25) is 20.1 Å². The monoisotopic (exact) mass is 1700 g/mol. The fraction of sp³-hybridized carbons (Fsp3) is 0.190. The number of halogens is 4. The number of carbonyl (C=O) groups is 4. The molecule has 32 nitrogen and oxygen atoms in total. The number of esters is 4. The highest BCUT2D eigenvalue weighted by Crippen LogP contribution is 2.53. The predicted octanol–water partition coefficient (Wildman–Crippen LogP) is 14.1. The number of aromatic nitrogens is 12. The molecule has 0 bridgehead atoms. The smallest absolute Gasteiger partial charge is 0.339 e. The van der Waals surface area contributed by atoms with Gasteiger partial charge in [-0.2, -0.15) is 0 Å². The zero-order chi connectivity index (χ0) is 83.3. The van der Waals surface area contributed by atoms with Crippen LogP contribution in [0.4, 0.5) is 0 Å². The van der Waals surface area contributed by atoms with Gasteiger partial charge in [0.1, 0.15) is 121 Å². The molecular formula is C84H60Cl4N12O20. The molecule has 0 radical (unpaired) electrons. The zero-order valence-corrected chi connectivity index (χ0v) is 66.4. The van der Waals surface area contributed by atoms with Crippen LogP contribution in [0.25, 0.3) is 87.0 Å². The molecule has 120 heavy (non-hydrogen) atoms. The third-order valence-electron chi connectivity index (χ3n) is 19.8. The molecule has 0 fully saturated rings. The Morgan fingerprint density at radius 3 is 0.758 bits per heavy atom. The van der Waals surface area contributed by atoms with Gasteiger partial charge in [0.25, 0.3) is 0 Å². The highest BCUT2D eigenvalue weighted by atomic mass is 35.5. The Morgan fingerprint density at radius 1 is 0.308 bits per heavy atom. The molecule has 0 aliphatic carbocycles. The quantitative estimate of drug-likeness (QED) is 0.0144. The number of aryl methyl sites for hydroxylation is 4. The number of ether oxygens (including phenoxy) is 8. The number of hydrogen-bond donors (Lipinski definition) is 0. The fourth-order valence-corrected chi connectivity index (χ4v) is 15.5. The number of carbonyl (C=O) groups excluding carboxylic acids is 4. The van der Waals surface area contributed by atoms with Gasteiger partial charge in [-0.15, -0.1) is 20.4 Å². The highest BCUT2D eigenvalue weighted by molar-refractivity contribution is 6.55. The predicted molar refractivity (Wildman–Crippen MR) is 435 cm³/mol. The molecule has 9 aromatic carbocycles. The summed E-state index contributed by atoms with van der Waals surface area (Å²) in [4.78, 5) is 109. The Hall–Kier alpha value is -14.1. The van der Waals surface area contributed by atoms with E-state index in [1.54, 1.807) is 100 Å². The zero-order valence-electron chi connectivity index (χ0n) is 63.4. The van der Waals surface area contributed by atoms with Gasteiger partial charge in [0.05, 0.1) is 73.2 Å². The molecule has 0 saturated carbocycles. The Kier molecular flexibility index (Phi) is 21.4. The standard InChI is InChI=1S/C84H60Cl4N12O20/c1-41-21-69(101)117-65-25-49(5-9-53(41)65)109-17-13-97-33-45(89-93-97)37-113-81(105)57-29-61(85)75-77-63(87)31-59(83(107)115-39-47-35-99(95-91-47)15-19-111-51-7-11-55-43(3)23-71(103)119-67(55)27-51)74-60(84(108)116-40-48-36-100(96-92-48)16-20-112-52-8-12-56-44(4)24-72(104)120-68(56)28-52)32-64(88)78(80(74)77)76-62(86)30-58(73(57)79(75)76)82(106)114-38-46-34-98(94-90-46)14-18-110-50-6-10-54-42(2)22-70(102)118-66(54)26-50/h5-12,21-36H,13-20,37-40H2,1-4H3. The van der Waals surface area contributed by atoms with Gasteiger partial charge in [-0.05, 0) is 123 Å². The normalized spacial score (nSPS) is 11.7. The maximum absolute atomic E-state index is 15.1. The van der Waals surface area contributed by atoms with E-state index in [0.29, 0.717) is 45.3 Å². The molecule has 0 spiro atoms. The van der Waals surface area contributed by atoms with Crippen LogP contribution in [0.3, 0.4) is 0 Å². The third kappa shape index (κ3) is 16.0. The van der Waals surface area contributed by atoms with Crippen LogP contribution in [0.5, 0.6) is 23.0 Å². The minimum atomic E-state index is -1.02. The van der Waals surface area contributed by atoms with E-state index in [2.05, 4.69) is 41.2 Å². The second kappa shape index (κ2) is 32.8. The van der Waals surface area contributed by atoms with Gasteiger partial charge in [-0.1, -0.05) is 67.3 Å². The van der Waals surface area contributed by atoms with Gasteiger partial charge < -0.3 is 55.6 Å². The molecule has 0 aliphatic rings. The second-order valence-electron chi connectivity index (χ2n) is 27.8. The SMILES string of the molecule is Cc1cc(=O)oc2cc(OCCn3cc(COC(=O)c4cc(Cl)c5c6c(Cl)cc(C(=O)OCc7cn(CCOc8ccc9c(C)cc(=O)oc9c8)nn7)c7c(C(=O)OCc8cn(CCOc9ccc%10c(C)cc(=O)oc%10c9)nn8)cc(Cl)c(c8c(Cl)cc(C(=O)OCc9cn(CCOc%10ccc%11c(C)cc(=O)oc%11c%10)nn9)c4c58)c76)nn3)ccc12. The average Bonchev–Trinajstić information content (AvgIpc) is 0.692. The largest absolute Gasteiger partial charge is 0.492 e. The third-order valence-corrected chi connectivity index (χ3v) is 21.0. The van der Waals surface area contributed by atoms with Gasteiger partial charge in [0, 0.05) is 133 Å². The van der Waals surface area contributed by atoms with Crippen molar-refractivity contribution in [2.24, 2.45) is 0 Å². The molecule has 8 heterocycles. The van der Waals surface area contributed by atoms with Crippen LogP contribution in [-0.2, 0) is 71.6 Å². The van der Waals surface area contributed by atoms with Crippen LogP contribution in [0, 0.1) is 27.7 Å². The Bertz CT molecular complexity index is 6470. The molecule has 36 heteroatoms. The number of rotatable bonds is 28. The van der Waals surface area contributed by atoms with E-state index < -0.39 is 72.8 Å². The van der Waals surface area contributed by atoms with Crippen molar-refractivity contribution in [2.45, 2.75) is 80.3 Å². The van der Waals surface area contributed by atoms with E-state index in [9.17, 15) is 19.2 Å². The average molecular weight is 1700 g/mol. The highest BCUT2D eigenvalue weighted by Gasteiger charge is 2.34. The summed E-state index contributed by atoms with van der Waals surface area (Å²) in [6.45, 7) is 6.48. The molecular weight excluding hydrogens is 1640 g/mol. The molecule has 0 amide bonds. The lowest BCUT2D eigenvalue weighted by molar-refractivity contribution is 0.0453. The summed E-state index contributed by atoms with van der Waals surface area (Å²) in [5, 5.41) is 36.0. The van der Waals surface area contributed by atoms with Crippen molar-refractivity contribution in [1.82, 2.24) is 60.0 Å². The topological polar surface area (TPSA) is 386 Å². The van der Waals surface area contributed by atoms with Gasteiger partial charge in [0.2, 0.25) is 0 Å². The van der Waals surface area contributed by atoms with Crippen molar-refractivity contribution >= 4 is 157 Å². The number of benzene rings is 9. The molecule has 17 aromatic rings. The van der Waals surface area contributed by atoms with Crippen LogP contribution in [-0.4, -0.2) is 110 Å². The lowest BCUT2D eigenvalue weighted by Crippen LogP contribution is -2.13. The maximum Gasteiger partial charge on any atom is 0.339 e. The van der Waals surface area contributed by atoms with Crippen LogP contribution >= 0.6 is 46.4 Å². The Morgan fingerprint density at radius 2 is 0.533 bits per heavy atom. The fourth-order valence-electron chi connectivity index (χ4n) is 14.3. The summed E-state index contributed by atoms with van der Waals surface area (Å²) in [6, 6.07) is 31.2. The number of hydrogen-bond acceptors (Lipinski definition) is 28. The van der Waals surface area contributed by atoms with Gasteiger partial charge >= 0.3 is 46.4 Å². The summed E-state index contributed by atoms with van der Waals surface area (Å²) in [7, 11) is 0. The van der Waals surface area contributed by atoms with E-state index in [4.69, 9.17) is 102 Å². The summed E-state index contributed by atoms with van der Waals surface area (Å²) in [5.41, 5.74) is 2.08. The van der Waals surface area contributed by atoms with Crippen molar-refractivity contribution in [1.29, 1.82) is 0 Å². The molecule has 0 atom stereocenters. The van der Waals surface area contributed by atoms with E-state index in [-0.39, 0.29) is 161 Å². The minimum absolute atomic E-state index is 0.0322. The molecule has 8 aromatic heterocycles. The maximum atomic E-state index is 15.1. The lowest BCUT2D eigenvalue weighted by Gasteiger charge is -2.23. The lowest BCUT2D eigenvalue weighted by atomic mass is 9.84. The van der Waals surface area contributed by atoms with Gasteiger partial charge in [-0.3, -0.25) is 0 Å². The molecule has 0 aliphatic heterocycles. The Balaban J connectivity index is 0.691. The molecule has 604 valence electrons. The van der Waals surface area contributed by atoms with Crippen molar-refractivity contribution in [3.05, 3.63) is 275 Å². The second-order valence-corrected chi connectivity index (χ2v) is 29.5. The Labute approximate surface area is 692 Å². The first-order valence-corrected chi connectivity index (χ1v) is 38.4. The molecule has 17 rings (SSSR count). The van der Waals surface area contributed by atoms with Gasteiger partial charge in [-0.25, -0.2) is 57.1 Å². The van der Waals surface area contributed by atoms with E-state index in [0.717, 1.165) is 43.8 Å². The van der Waals surface area contributed by atoms with Crippen LogP contribution in [0.15, 0.2) is 183 Å². The van der Waals surface area contributed by atoms with Crippen molar-refractivity contribution in [3.63, 3.8) is 0 Å². The first-order valence-electron chi connectivity index (χ1n) is 36.9.